The lowest BCUT2D eigenvalue weighted by Crippen LogP contribution is -2.16. The summed E-state index contributed by atoms with van der Waals surface area (Å²) in [4.78, 5) is 23.1. The number of anilines is 1. The van der Waals surface area contributed by atoms with Gasteiger partial charge >= 0.3 is 5.69 Å². The third kappa shape index (κ3) is 3.46. The van der Waals surface area contributed by atoms with Crippen LogP contribution in [0, 0.1) is 42.5 Å². The topological polar surface area (TPSA) is 116 Å². The molecule has 1 aromatic carbocycles. The maximum atomic E-state index is 13.3. The number of hydrogen-bond donors (Lipinski definition) is 1. The quantitative estimate of drug-likeness (QED) is 0.527. The Morgan fingerprint density at radius 3 is 2.61 bits per heavy atom. The second-order valence-corrected chi connectivity index (χ2v) is 6.08. The molecule has 0 atom stereocenters. The first-order valence-electron chi connectivity index (χ1n) is 8.09. The van der Waals surface area contributed by atoms with E-state index in [1.807, 2.05) is 0 Å². The zero-order valence-electron chi connectivity index (χ0n) is 15.1. The average molecular weight is 391 g/mol. The lowest BCUT2D eigenvalue weighted by molar-refractivity contribution is -0.386. The molecule has 11 heteroatoms. The van der Waals surface area contributed by atoms with E-state index in [2.05, 4.69) is 15.6 Å². The zero-order valence-corrected chi connectivity index (χ0v) is 15.1. The number of nitrogens with one attached hydrogen (secondary N) is 1. The van der Waals surface area contributed by atoms with E-state index in [0.717, 1.165) is 12.1 Å². The number of carbonyl (C=O) groups is 1. The van der Waals surface area contributed by atoms with Crippen LogP contribution in [0.3, 0.4) is 0 Å². The molecule has 0 spiro atoms. The zero-order chi connectivity index (χ0) is 20.6. The first-order chi connectivity index (χ1) is 13.2. The molecular formula is C17H15F2N5O4. The highest BCUT2D eigenvalue weighted by atomic mass is 19.2. The Labute approximate surface area is 157 Å². The molecule has 2 aromatic heterocycles. The molecule has 3 aromatic rings. The summed E-state index contributed by atoms with van der Waals surface area (Å²) in [6.07, 6.45) is 0. The van der Waals surface area contributed by atoms with Gasteiger partial charge in [0, 0.05) is 17.3 Å². The number of aryl methyl sites for hydroxylation is 2. The van der Waals surface area contributed by atoms with E-state index >= 15 is 0 Å². The van der Waals surface area contributed by atoms with Gasteiger partial charge in [-0.3, -0.25) is 19.6 Å². The maximum Gasteiger partial charge on any atom is 0.312 e. The number of nitro groups is 1. The summed E-state index contributed by atoms with van der Waals surface area (Å²) in [6.45, 7) is 4.65. The lowest BCUT2D eigenvalue weighted by atomic mass is 10.1. The van der Waals surface area contributed by atoms with E-state index in [-0.39, 0.29) is 29.3 Å². The minimum Gasteiger partial charge on any atom is -0.361 e. The summed E-state index contributed by atoms with van der Waals surface area (Å²) < 4.78 is 32.8. The molecule has 0 aliphatic carbocycles. The number of rotatable bonds is 5. The van der Waals surface area contributed by atoms with Crippen molar-refractivity contribution in [3.05, 3.63) is 68.4 Å². The Morgan fingerprint density at radius 2 is 2.00 bits per heavy atom. The van der Waals surface area contributed by atoms with Crippen molar-refractivity contribution in [2.24, 2.45) is 0 Å². The van der Waals surface area contributed by atoms with Crippen molar-refractivity contribution in [1.29, 1.82) is 0 Å². The third-order valence-corrected chi connectivity index (χ3v) is 4.21. The number of hydrogen-bond acceptors (Lipinski definition) is 6. The van der Waals surface area contributed by atoms with Crippen LogP contribution in [-0.2, 0) is 6.54 Å². The van der Waals surface area contributed by atoms with Gasteiger partial charge in [0.15, 0.2) is 17.3 Å². The van der Waals surface area contributed by atoms with Gasteiger partial charge in [-0.1, -0.05) is 5.16 Å². The summed E-state index contributed by atoms with van der Waals surface area (Å²) in [5.41, 5.74) is 0.761. The van der Waals surface area contributed by atoms with Gasteiger partial charge in [-0.25, -0.2) is 8.78 Å². The van der Waals surface area contributed by atoms with Crippen LogP contribution in [0.2, 0.25) is 0 Å². The molecule has 146 valence electrons. The van der Waals surface area contributed by atoms with Crippen molar-refractivity contribution >= 4 is 17.3 Å². The molecule has 1 amide bonds. The van der Waals surface area contributed by atoms with Crippen LogP contribution in [0.1, 0.15) is 33.2 Å². The smallest absolute Gasteiger partial charge is 0.312 e. The molecule has 2 heterocycles. The molecule has 0 saturated carbocycles. The summed E-state index contributed by atoms with van der Waals surface area (Å²) in [6, 6.07) is 2.92. The predicted octanol–water partition coefficient (Wildman–Crippen LogP) is 3.28. The Kier molecular flexibility index (Phi) is 4.91. The van der Waals surface area contributed by atoms with Gasteiger partial charge in [-0.15, -0.1) is 0 Å². The van der Waals surface area contributed by atoms with E-state index in [0.29, 0.717) is 17.0 Å². The second kappa shape index (κ2) is 7.18. The third-order valence-electron chi connectivity index (χ3n) is 4.21. The Balaban J connectivity index is 1.90. The highest BCUT2D eigenvalue weighted by Gasteiger charge is 2.25. The van der Waals surface area contributed by atoms with E-state index in [1.165, 1.54) is 17.7 Å². The van der Waals surface area contributed by atoms with E-state index in [1.54, 1.807) is 13.8 Å². The number of amides is 1. The minimum absolute atomic E-state index is 0.0103. The van der Waals surface area contributed by atoms with E-state index in [4.69, 9.17) is 4.52 Å². The molecule has 0 aliphatic heterocycles. The molecule has 3 rings (SSSR count). The van der Waals surface area contributed by atoms with Gasteiger partial charge in [-0.2, -0.15) is 5.10 Å². The summed E-state index contributed by atoms with van der Waals surface area (Å²) >= 11 is 0. The van der Waals surface area contributed by atoms with Crippen molar-refractivity contribution in [2.45, 2.75) is 27.3 Å². The van der Waals surface area contributed by atoms with Gasteiger partial charge in [0.1, 0.15) is 17.1 Å². The Hall–Kier alpha value is -3.63. The molecule has 9 nitrogen and oxygen atoms in total. The fourth-order valence-electron chi connectivity index (χ4n) is 2.78. The van der Waals surface area contributed by atoms with Crippen molar-refractivity contribution in [1.82, 2.24) is 14.9 Å². The first kappa shape index (κ1) is 19.1. The van der Waals surface area contributed by atoms with Crippen LogP contribution in [-0.4, -0.2) is 25.8 Å². The van der Waals surface area contributed by atoms with Crippen LogP contribution >= 0.6 is 0 Å². The lowest BCUT2D eigenvalue weighted by Gasteiger charge is -2.07. The van der Waals surface area contributed by atoms with Gasteiger partial charge < -0.3 is 9.84 Å². The average Bonchev–Trinajstić information content (AvgIpc) is 3.11. The van der Waals surface area contributed by atoms with Crippen molar-refractivity contribution in [2.75, 3.05) is 5.32 Å². The largest absolute Gasteiger partial charge is 0.361 e. The fourth-order valence-corrected chi connectivity index (χ4v) is 2.78. The monoisotopic (exact) mass is 391 g/mol. The Morgan fingerprint density at radius 1 is 1.29 bits per heavy atom. The standard InChI is InChI=1S/C17H15F2N5O4/c1-8-16(24(26)27)9(2)23(21-8)7-12-10(3)28-22-15(12)17(25)20-11-4-5-13(18)14(19)6-11/h4-6H,7H2,1-3H3,(H,20,25). The molecule has 0 unspecified atom stereocenters. The van der Waals surface area contributed by atoms with Gasteiger partial charge in [0.05, 0.1) is 11.5 Å². The number of carbonyl (C=O) groups excluding carboxylic acids is 1. The highest BCUT2D eigenvalue weighted by molar-refractivity contribution is 6.03. The number of halogens is 2. The Bertz CT molecular complexity index is 1090. The highest BCUT2D eigenvalue weighted by Crippen LogP contribution is 2.24. The predicted molar refractivity (Wildman–Crippen MR) is 93.0 cm³/mol. The maximum absolute atomic E-state index is 13.3. The molecule has 0 aliphatic rings. The summed E-state index contributed by atoms with van der Waals surface area (Å²) in [7, 11) is 0. The van der Waals surface area contributed by atoms with Gasteiger partial charge in [0.2, 0.25) is 0 Å². The molecule has 0 fully saturated rings. The molecular weight excluding hydrogens is 376 g/mol. The molecule has 0 saturated heterocycles. The normalized spacial score (nSPS) is 10.9. The van der Waals surface area contributed by atoms with Crippen LogP contribution in [0.5, 0.6) is 0 Å². The SMILES string of the molecule is Cc1nn(Cc2c(C(=O)Nc3ccc(F)c(F)c3)noc2C)c(C)c1[N+](=O)[O-]. The van der Waals surface area contributed by atoms with Crippen LogP contribution in [0.4, 0.5) is 20.2 Å². The number of aromatic nitrogens is 3. The van der Waals surface area contributed by atoms with Crippen LogP contribution < -0.4 is 5.32 Å². The molecule has 28 heavy (non-hydrogen) atoms. The van der Waals surface area contributed by atoms with Gasteiger partial charge in [0.25, 0.3) is 5.91 Å². The number of nitrogens with zero attached hydrogens (tertiary/aromatic N) is 4. The molecule has 0 radical (unpaired) electrons. The molecule has 0 bridgehead atoms. The van der Waals surface area contributed by atoms with Crippen LogP contribution in [0.25, 0.3) is 0 Å². The fraction of sp³-hybridized carbons (Fsp3) is 0.235. The number of benzene rings is 1. The van der Waals surface area contributed by atoms with Crippen LogP contribution in [0.15, 0.2) is 22.7 Å². The van der Waals surface area contributed by atoms with E-state index < -0.39 is 22.5 Å². The van der Waals surface area contributed by atoms with Crippen molar-refractivity contribution in [3.63, 3.8) is 0 Å². The van der Waals surface area contributed by atoms with E-state index in [9.17, 15) is 23.7 Å². The summed E-state index contributed by atoms with van der Waals surface area (Å²) in [5, 5.41) is 21.4. The first-order valence-corrected chi connectivity index (χ1v) is 8.09. The van der Waals surface area contributed by atoms with Gasteiger partial charge in [-0.05, 0) is 32.9 Å². The minimum atomic E-state index is -1.11. The van der Waals surface area contributed by atoms with Crippen molar-refractivity contribution < 1.29 is 23.0 Å². The second-order valence-electron chi connectivity index (χ2n) is 6.08. The summed E-state index contributed by atoms with van der Waals surface area (Å²) in [5.74, 6) is -2.52. The molecule has 1 N–H and O–H groups in total. The van der Waals surface area contributed by atoms with Crippen molar-refractivity contribution in [3.8, 4) is 0 Å².